The first-order valence-electron chi connectivity index (χ1n) is 13.1. The molecule has 0 spiro atoms. The van der Waals surface area contributed by atoms with Crippen molar-refractivity contribution in [3.8, 4) is 0 Å². The standard InChI is InChI=1S/C33H30N2O3/c1-34(2)29-19-17-27(24-12-6-7-13-25(24)29)32(36)35-30-15-9-8-14-26(30)28-20-23(16-18-31(28)35)33(37)38-21-22-10-4-3-5-11-22/h3-15,17,19,23H,16,18,20-21H2,1-2H3. The third-order valence-corrected chi connectivity index (χ3v) is 7.64. The maximum atomic E-state index is 14.2. The summed E-state index contributed by atoms with van der Waals surface area (Å²) >= 11 is 0. The molecule has 1 atom stereocenters. The Morgan fingerprint density at radius 2 is 1.53 bits per heavy atom. The number of anilines is 1. The lowest BCUT2D eigenvalue weighted by atomic mass is 9.86. The summed E-state index contributed by atoms with van der Waals surface area (Å²) in [7, 11) is 4.03. The number of para-hydroxylation sites is 1. The summed E-state index contributed by atoms with van der Waals surface area (Å²) < 4.78 is 7.56. The van der Waals surface area contributed by atoms with Crippen molar-refractivity contribution in [2.24, 2.45) is 5.92 Å². The number of carbonyl (C=O) groups is 2. The van der Waals surface area contributed by atoms with Crippen LogP contribution < -0.4 is 4.90 Å². The van der Waals surface area contributed by atoms with Gasteiger partial charge in [0.25, 0.3) is 5.91 Å². The molecule has 0 saturated carbocycles. The van der Waals surface area contributed by atoms with E-state index in [9.17, 15) is 9.59 Å². The van der Waals surface area contributed by atoms with Crippen LogP contribution in [-0.2, 0) is 29.0 Å². The van der Waals surface area contributed by atoms with Crippen LogP contribution in [0.2, 0.25) is 0 Å². The molecule has 190 valence electrons. The van der Waals surface area contributed by atoms with Crippen molar-refractivity contribution >= 4 is 39.2 Å². The first-order chi connectivity index (χ1) is 18.5. The van der Waals surface area contributed by atoms with Gasteiger partial charge < -0.3 is 9.64 Å². The fourth-order valence-corrected chi connectivity index (χ4v) is 5.77. The average molecular weight is 503 g/mol. The number of rotatable bonds is 5. The van der Waals surface area contributed by atoms with Crippen molar-refractivity contribution in [2.75, 3.05) is 19.0 Å². The van der Waals surface area contributed by atoms with E-state index in [1.165, 1.54) is 0 Å². The predicted molar refractivity (Wildman–Crippen MR) is 152 cm³/mol. The van der Waals surface area contributed by atoms with E-state index in [-0.39, 0.29) is 24.4 Å². The van der Waals surface area contributed by atoms with Crippen LogP contribution in [0.25, 0.3) is 21.7 Å². The number of hydrogen-bond donors (Lipinski definition) is 0. The molecule has 1 heterocycles. The Kier molecular flexibility index (Phi) is 6.20. The van der Waals surface area contributed by atoms with E-state index >= 15 is 0 Å². The van der Waals surface area contributed by atoms with Gasteiger partial charge in [-0.1, -0.05) is 72.8 Å². The molecular formula is C33H30N2O3. The third-order valence-electron chi connectivity index (χ3n) is 7.64. The van der Waals surface area contributed by atoms with Gasteiger partial charge >= 0.3 is 5.97 Å². The van der Waals surface area contributed by atoms with E-state index in [0.29, 0.717) is 24.8 Å². The molecule has 0 amide bonds. The Balaban J connectivity index is 1.36. The molecule has 0 bridgehead atoms. The first kappa shape index (κ1) is 24.0. The van der Waals surface area contributed by atoms with Crippen molar-refractivity contribution in [1.29, 1.82) is 0 Å². The molecule has 5 heteroatoms. The summed E-state index contributed by atoms with van der Waals surface area (Å²) in [5.41, 5.74) is 5.71. The highest BCUT2D eigenvalue weighted by molar-refractivity contribution is 6.14. The number of benzene rings is 4. The molecule has 1 aliphatic carbocycles. The monoisotopic (exact) mass is 502 g/mol. The maximum Gasteiger partial charge on any atom is 0.309 e. The van der Waals surface area contributed by atoms with Crippen molar-refractivity contribution in [1.82, 2.24) is 4.57 Å². The van der Waals surface area contributed by atoms with Gasteiger partial charge in [-0.3, -0.25) is 14.2 Å². The van der Waals surface area contributed by atoms with Crippen molar-refractivity contribution in [3.05, 3.63) is 113 Å². The van der Waals surface area contributed by atoms with Gasteiger partial charge in [-0.25, -0.2) is 0 Å². The molecule has 0 saturated heterocycles. The normalized spacial score (nSPS) is 14.8. The Morgan fingerprint density at radius 1 is 0.842 bits per heavy atom. The summed E-state index contributed by atoms with van der Waals surface area (Å²) in [6.45, 7) is 0.277. The van der Waals surface area contributed by atoms with Gasteiger partial charge in [-0.15, -0.1) is 0 Å². The molecule has 0 fully saturated rings. The summed E-state index contributed by atoms with van der Waals surface area (Å²) in [6, 6.07) is 29.8. The number of nitrogens with zero attached hydrogens (tertiary/aromatic N) is 2. The van der Waals surface area contributed by atoms with Crippen LogP contribution in [0.1, 0.15) is 33.6 Å². The highest BCUT2D eigenvalue weighted by Gasteiger charge is 2.32. The van der Waals surface area contributed by atoms with Gasteiger partial charge in [0.05, 0.1) is 11.4 Å². The Labute approximate surface area is 222 Å². The molecule has 1 aliphatic rings. The lowest BCUT2D eigenvalue weighted by Crippen LogP contribution is -2.26. The third kappa shape index (κ3) is 4.14. The van der Waals surface area contributed by atoms with E-state index in [1.807, 2.05) is 97.5 Å². The minimum absolute atomic E-state index is 0.0333. The smallest absolute Gasteiger partial charge is 0.309 e. The van der Waals surface area contributed by atoms with E-state index in [0.717, 1.165) is 44.2 Å². The Bertz CT molecular complexity index is 1670. The van der Waals surface area contributed by atoms with Crippen LogP contribution >= 0.6 is 0 Å². The average Bonchev–Trinajstić information content (AvgIpc) is 3.29. The first-order valence-corrected chi connectivity index (χ1v) is 13.1. The molecule has 1 aromatic heterocycles. The van der Waals surface area contributed by atoms with Gasteiger partial charge in [-0.05, 0) is 54.0 Å². The molecular weight excluding hydrogens is 472 g/mol. The lowest BCUT2D eigenvalue weighted by molar-refractivity contribution is -0.150. The summed E-state index contributed by atoms with van der Waals surface area (Å²) in [5, 5.41) is 3.02. The quantitative estimate of drug-likeness (QED) is 0.261. The summed E-state index contributed by atoms with van der Waals surface area (Å²) in [5.74, 6) is -0.428. The highest BCUT2D eigenvalue weighted by Crippen LogP contribution is 2.37. The van der Waals surface area contributed by atoms with Crippen LogP contribution in [0.5, 0.6) is 0 Å². The number of carbonyl (C=O) groups excluding carboxylic acids is 2. The summed E-state index contributed by atoms with van der Waals surface area (Å²) in [4.78, 5) is 29.3. The molecule has 1 unspecified atom stereocenters. The van der Waals surface area contributed by atoms with Crippen LogP contribution in [0.3, 0.4) is 0 Å². The van der Waals surface area contributed by atoms with Gasteiger partial charge in [0.15, 0.2) is 0 Å². The minimum atomic E-state index is -0.222. The minimum Gasteiger partial charge on any atom is -0.461 e. The van der Waals surface area contributed by atoms with Crippen LogP contribution in [0.4, 0.5) is 5.69 Å². The van der Waals surface area contributed by atoms with Crippen LogP contribution in [0.15, 0.2) is 91.0 Å². The molecule has 4 aromatic carbocycles. The predicted octanol–water partition coefficient (Wildman–Crippen LogP) is 6.40. The largest absolute Gasteiger partial charge is 0.461 e. The lowest BCUT2D eigenvalue weighted by Gasteiger charge is -2.23. The highest BCUT2D eigenvalue weighted by atomic mass is 16.5. The van der Waals surface area contributed by atoms with E-state index < -0.39 is 0 Å². The summed E-state index contributed by atoms with van der Waals surface area (Å²) in [6.07, 6.45) is 1.88. The van der Waals surface area contributed by atoms with Gasteiger partial charge in [0, 0.05) is 41.8 Å². The number of hydrogen-bond acceptors (Lipinski definition) is 4. The molecule has 6 rings (SSSR count). The molecule has 0 aliphatic heterocycles. The molecule has 5 aromatic rings. The van der Waals surface area contributed by atoms with Crippen molar-refractivity contribution < 1.29 is 14.3 Å². The maximum absolute atomic E-state index is 14.2. The SMILES string of the molecule is CN(C)c1ccc(C(=O)n2c3c(c4ccccc42)CC(C(=O)OCc2ccccc2)CC3)c2ccccc12. The Morgan fingerprint density at radius 3 is 2.29 bits per heavy atom. The number of fused-ring (bicyclic) bond motifs is 4. The van der Waals surface area contributed by atoms with E-state index in [2.05, 4.69) is 17.0 Å². The molecule has 5 nitrogen and oxygen atoms in total. The second-order valence-electron chi connectivity index (χ2n) is 10.2. The molecule has 0 N–H and O–H groups in total. The van der Waals surface area contributed by atoms with Crippen molar-refractivity contribution in [2.45, 2.75) is 25.9 Å². The number of esters is 1. The zero-order chi connectivity index (χ0) is 26.2. The second-order valence-corrected chi connectivity index (χ2v) is 10.2. The van der Waals surface area contributed by atoms with Gasteiger partial charge in [0.2, 0.25) is 0 Å². The van der Waals surface area contributed by atoms with Crippen LogP contribution in [-0.4, -0.2) is 30.5 Å². The van der Waals surface area contributed by atoms with Gasteiger partial charge in [-0.2, -0.15) is 0 Å². The zero-order valence-corrected chi connectivity index (χ0v) is 21.7. The fraction of sp³-hybridized carbons (Fsp3) is 0.212. The van der Waals surface area contributed by atoms with Gasteiger partial charge in [0.1, 0.15) is 6.61 Å². The van der Waals surface area contributed by atoms with Crippen molar-refractivity contribution in [3.63, 3.8) is 0 Å². The van der Waals surface area contributed by atoms with E-state index in [1.54, 1.807) is 0 Å². The van der Waals surface area contributed by atoms with E-state index in [4.69, 9.17) is 4.74 Å². The topological polar surface area (TPSA) is 51.5 Å². The number of ether oxygens (including phenoxy) is 1. The molecule has 0 radical (unpaired) electrons. The Hall–Kier alpha value is -4.38. The molecule has 38 heavy (non-hydrogen) atoms. The number of aromatic nitrogens is 1. The fourth-order valence-electron chi connectivity index (χ4n) is 5.77. The zero-order valence-electron chi connectivity index (χ0n) is 21.7. The van der Waals surface area contributed by atoms with Crippen LogP contribution in [0, 0.1) is 5.92 Å². The second kappa shape index (κ2) is 9.82.